The van der Waals surface area contributed by atoms with Crippen LogP contribution in [0.2, 0.25) is 0 Å². The van der Waals surface area contributed by atoms with Gasteiger partial charge in [-0.15, -0.1) is 0 Å². The number of hydrogen-bond acceptors (Lipinski definition) is 7. The van der Waals surface area contributed by atoms with Gasteiger partial charge in [0.1, 0.15) is 11.4 Å². The summed E-state index contributed by atoms with van der Waals surface area (Å²) in [5.41, 5.74) is 2.51. The predicted molar refractivity (Wildman–Crippen MR) is 92.7 cm³/mol. The highest BCUT2D eigenvalue weighted by Gasteiger charge is 2.33. The number of fused-ring (bicyclic) bond motifs is 2. The van der Waals surface area contributed by atoms with Gasteiger partial charge in [-0.05, 0) is 37.1 Å². The van der Waals surface area contributed by atoms with E-state index in [1.54, 1.807) is 24.8 Å². The number of rotatable bonds is 4. The lowest BCUT2D eigenvalue weighted by Gasteiger charge is -2.09. The van der Waals surface area contributed by atoms with Crippen molar-refractivity contribution in [3.8, 4) is 11.5 Å². The maximum Gasteiger partial charge on any atom is 0.253 e. The van der Waals surface area contributed by atoms with Crippen molar-refractivity contribution in [2.75, 3.05) is 14.2 Å². The minimum atomic E-state index is -0.221. The molecule has 2 heterocycles. The van der Waals surface area contributed by atoms with E-state index in [0.717, 1.165) is 16.3 Å². The summed E-state index contributed by atoms with van der Waals surface area (Å²) in [5, 5.41) is 4.83. The number of aromatic nitrogens is 4. The van der Waals surface area contributed by atoms with E-state index in [4.69, 9.17) is 9.47 Å². The molecule has 1 aliphatic carbocycles. The van der Waals surface area contributed by atoms with Crippen molar-refractivity contribution in [2.45, 2.75) is 23.6 Å². The Hall–Kier alpha value is -2.61. The van der Waals surface area contributed by atoms with Crippen molar-refractivity contribution >= 4 is 23.3 Å². The summed E-state index contributed by atoms with van der Waals surface area (Å²) >= 11 is 1.48. The zero-order chi connectivity index (χ0) is 17.6. The first kappa shape index (κ1) is 15.9. The fraction of sp³-hybridized carbons (Fsp3) is 0.294. The lowest BCUT2D eigenvalue weighted by molar-refractivity contribution is 0.1000. The van der Waals surface area contributed by atoms with Crippen LogP contribution in [0.25, 0.3) is 5.78 Å². The lowest BCUT2D eigenvalue weighted by Crippen LogP contribution is -2.12. The van der Waals surface area contributed by atoms with Gasteiger partial charge in [-0.2, -0.15) is 14.6 Å². The molecule has 1 unspecified atom stereocenters. The molecule has 2 aromatic heterocycles. The first-order chi connectivity index (χ1) is 12.1. The van der Waals surface area contributed by atoms with Crippen LogP contribution in [0, 0.1) is 6.92 Å². The molecule has 0 saturated heterocycles. The fourth-order valence-electron chi connectivity index (χ4n) is 3.01. The van der Waals surface area contributed by atoms with Gasteiger partial charge >= 0.3 is 0 Å². The van der Waals surface area contributed by atoms with E-state index in [-0.39, 0.29) is 11.0 Å². The molecular formula is C17H16N4O3S. The Labute approximate surface area is 148 Å². The molecule has 128 valence electrons. The smallest absolute Gasteiger partial charge is 0.253 e. The Kier molecular flexibility index (Phi) is 3.84. The molecule has 0 fully saturated rings. The minimum absolute atomic E-state index is 0.0867. The molecule has 0 radical (unpaired) electrons. The summed E-state index contributed by atoms with van der Waals surface area (Å²) in [6, 6.07) is 5.57. The first-order valence-electron chi connectivity index (χ1n) is 7.74. The van der Waals surface area contributed by atoms with Crippen molar-refractivity contribution < 1.29 is 14.3 Å². The highest BCUT2D eigenvalue weighted by Crippen LogP contribution is 2.39. The van der Waals surface area contributed by atoms with Crippen LogP contribution in [0.3, 0.4) is 0 Å². The minimum Gasteiger partial charge on any atom is -0.493 e. The van der Waals surface area contributed by atoms with Crippen LogP contribution in [-0.4, -0.2) is 44.8 Å². The quantitative estimate of drug-likeness (QED) is 0.664. The average molecular weight is 356 g/mol. The molecule has 4 rings (SSSR count). The summed E-state index contributed by atoms with van der Waals surface area (Å²) in [5.74, 6) is 1.83. The van der Waals surface area contributed by atoms with Crippen LogP contribution in [0.1, 0.15) is 21.6 Å². The number of thioether (sulfide) groups is 1. The van der Waals surface area contributed by atoms with Gasteiger partial charge in [0.15, 0.2) is 17.3 Å². The second kappa shape index (κ2) is 6.03. The van der Waals surface area contributed by atoms with Gasteiger partial charge in [0, 0.05) is 11.3 Å². The topological polar surface area (TPSA) is 78.6 Å². The average Bonchev–Trinajstić information content (AvgIpc) is 3.18. The zero-order valence-electron chi connectivity index (χ0n) is 14.0. The number of benzene rings is 1. The number of hydrogen-bond donors (Lipinski definition) is 0. The van der Waals surface area contributed by atoms with Gasteiger partial charge in [0.25, 0.3) is 5.78 Å². The molecule has 3 aromatic rings. The maximum absolute atomic E-state index is 12.9. The second-order valence-electron chi connectivity index (χ2n) is 5.75. The number of nitrogens with zero attached hydrogens (tertiary/aromatic N) is 4. The normalized spacial score (nSPS) is 16.3. The molecule has 0 aliphatic heterocycles. The largest absolute Gasteiger partial charge is 0.493 e. The van der Waals surface area contributed by atoms with E-state index in [0.29, 0.717) is 29.3 Å². The lowest BCUT2D eigenvalue weighted by atomic mass is 10.1. The van der Waals surface area contributed by atoms with Crippen molar-refractivity contribution in [3.63, 3.8) is 0 Å². The predicted octanol–water partition coefficient (Wildman–Crippen LogP) is 2.35. The molecule has 0 amide bonds. The molecule has 1 atom stereocenters. The molecule has 25 heavy (non-hydrogen) atoms. The van der Waals surface area contributed by atoms with Crippen LogP contribution < -0.4 is 9.47 Å². The van der Waals surface area contributed by atoms with Crippen LogP contribution in [0.15, 0.2) is 29.6 Å². The van der Waals surface area contributed by atoms with Crippen LogP contribution >= 0.6 is 11.8 Å². The van der Waals surface area contributed by atoms with Gasteiger partial charge in [0.05, 0.1) is 19.5 Å². The molecule has 1 aromatic carbocycles. The second-order valence-corrected chi connectivity index (χ2v) is 6.97. The first-order valence-corrected chi connectivity index (χ1v) is 8.62. The zero-order valence-corrected chi connectivity index (χ0v) is 14.8. The molecular weight excluding hydrogens is 340 g/mol. The summed E-state index contributed by atoms with van der Waals surface area (Å²) in [4.78, 5) is 21.3. The molecule has 7 nitrogen and oxygen atoms in total. The molecule has 0 saturated carbocycles. The summed E-state index contributed by atoms with van der Waals surface area (Å²) < 4.78 is 12.3. The maximum atomic E-state index is 12.9. The van der Waals surface area contributed by atoms with Gasteiger partial charge in [-0.3, -0.25) is 4.79 Å². The van der Waals surface area contributed by atoms with E-state index in [2.05, 4.69) is 15.1 Å². The van der Waals surface area contributed by atoms with Crippen molar-refractivity contribution in [3.05, 3.63) is 41.3 Å². The summed E-state index contributed by atoms with van der Waals surface area (Å²) in [6.45, 7) is 1.90. The number of methoxy groups -OCH3 is 2. The number of carbonyl (C=O) groups is 1. The number of ketones is 1. The van der Waals surface area contributed by atoms with Gasteiger partial charge in [0.2, 0.25) is 0 Å². The van der Waals surface area contributed by atoms with Crippen LogP contribution in [0.5, 0.6) is 11.5 Å². The third-order valence-corrected chi connectivity index (χ3v) is 5.38. The fourth-order valence-corrected chi connectivity index (χ4v) is 4.26. The van der Waals surface area contributed by atoms with Crippen molar-refractivity contribution in [2.24, 2.45) is 0 Å². The van der Waals surface area contributed by atoms with E-state index in [9.17, 15) is 4.79 Å². The third kappa shape index (κ3) is 2.62. The molecule has 1 aliphatic rings. The van der Waals surface area contributed by atoms with Gasteiger partial charge in [-0.25, -0.2) is 4.98 Å². The standard InChI is InChI=1S/C17H16N4O3S/c1-9-4-15(21-17(20-9)18-8-19-21)25-14-6-10-5-12(23-2)13(24-3)7-11(10)16(14)22/h4-5,7-8,14H,6H2,1-3H3. The Bertz CT molecular complexity index is 985. The van der Waals surface area contributed by atoms with E-state index < -0.39 is 0 Å². The summed E-state index contributed by atoms with van der Waals surface area (Å²) in [7, 11) is 3.16. The highest BCUT2D eigenvalue weighted by molar-refractivity contribution is 8.00. The van der Waals surface area contributed by atoms with Crippen molar-refractivity contribution in [1.29, 1.82) is 0 Å². The number of ether oxygens (including phenoxy) is 2. The van der Waals surface area contributed by atoms with Crippen LogP contribution in [0.4, 0.5) is 0 Å². The van der Waals surface area contributed by atoms with E-state index >= 15 is 0 Å². The summed E-state index contributed by atoms with van der Waals surface area (Å²) in [6.07, 6.45) is 2.10. The SMILES string of the molecule is COc1cc2c(cc1OC)C(=O)C(Sc1cc(C)nc3ncnn13)C2. The molecule has 0 bridgehead atoms. The van der Waals surface area contributed by atoms with E-state index in [1.807, 2.05) is 19.1 Å². The number of carbonyl (C=O) groups excluding carboxylic acids is 1. The Balaban J connectivity index is 1.68. The molecule has 8 heteroatoms. The monoisotopic (exact) mass is 356 g/mol. The molecule has 0 spiro atoms. The Morgan fingerprint density at radius 3 is 2.72 bits per heavy atom. The van der Waals surface area contributed by atoms with Gasteiger partial charge < -0.3 is 9.47 Å². The highest BCUT2D eigenvalue weighted by atomic mass is 32.2. The van der Waals surface area contributed by atoms with Gasteiger partial charge in [-0.1, -0.05) is 11.8 Å². The van der Waals surface area contributed by atoms with E-state index in [1.165, 1.54) is 18.1 Å². The third-order valence-electron chi connectivity index (χ3n) is 4.18. The number of Topliss-reactive ketones (excluding diaryl/α,β-unsaturated/α-hetero) is 1. The Morgan fingerprint density at radius 2 is 1.96 bits per heavy atom. The molecule has 0 N–H and O–H groups in total. The number of aryl methyl sites for hydroxylation is 1. The van der Waals surface area contributed by atoms with Crippen molar-refractivity contribution in [1.82, 2.24) is 19.6 Å². The van der Waals surface area contributed by atoms with Crippen LogP contribution in [-0.2, 0) is 6.42 Å². The Morgan fingerprint density at radius 1 is 1.20 bits per heavy atom.